The van der Waals surface area contributed by atoms with Gasteiger partial charge >= 0.3 is 0 Å². The minimum atomic E-state index is 0.207. The minimum absolute atomic E-state index is 0.207. The van der Waals surface area contributed by atoms with Gasteiger partial charge in [-0.3, -0.25) is 0 Å². The molecule has 0 saturated carbocycles. The van der Waals surface area contributed by atoms with Crippen molar-refractivity contribution >= 4 is 11.0 Å². The summed E-state index contributed by atoms with van der Waals surface area (Å²) < 4.78 is 5.05. The molecule has 0 aliphatic carbocycles. The van der Waals surface area contributed by atoms with Gasteiger partial charge in [-0.15, -0.1) is 0 Å². The van der Waals surface area contributed by atoms with E-state index in [1.807, 2.05) is 12.1 Å². The first-order chi connectivity index (χ1) is 6.36. The van der Waals surface area contributed by atoms with Gasteiger partial charge in [0.2, 0.25) is 0 Å². The van der Waals surface area contributed by atoms with Crippen LogP contribution in [0.25, 0.3) is 11.0 Å². The van der Waals surface area contributed by atoms with Crippen molar-refractivity contribution in [2.75, 3.05) is 0 Å². The predicted octanol–water partition coefficient (Wildman–Crippen LogP) is 1.57. The van der Waals surface area contributed by atoms with Crippen molar-refractivity contribution in [1.29, 1.82) is 10.5 Å². The molecule has 0 atom stereocenters. The zero-order chi connectivity index (χ0) is 9.26. The number of fused-ring (bicyclic) bond motifs is 1. The monoisotopic (exact) mass is 169 g/mol. The fourth-order valence-electron chi connectivity index (χ4n) is 1.13. The lowest BCUT2D eigenvalue weighted by atomic mass is 10.2. The second kappa shape index (κ2) is 2.62. The molecule has 0 amide bonds. The van der Waals surface area contributed by atoms with Crippen LogP contribution in [0.2, 0.25) is 0 Å². The number of rotatable bonds is 0. The third-order valence-electron chi connectivity index (χ3n) is 1.72. The molecule has 13 heavy (non-hydrogen) atoms. The molecule has 0 unspecified atom stereocenters. The zero-order valence-electron chi connectivity index (χ0n) is 6.48. The second-order valence-electron chi connectivity index (χ2n) is 2.41. The molecular weight excluding hydrogens is 166 g/mol. The molecule has 2 aromatic heterocycles. The van der Waals surface area contributed by atoms with Crippen LogP contribution in [0.5, 0.6) is 0 Å². The van der Waals surface area contributed by atoms with Gasteiger partial charge in [0.05, 0.1) is 5.56 Å². The Balaban J connectivity index is 2.91. The van der Waals surface area contributed by atoms with Crippen LogP contribution in [0.3, 0.4) is 0 Å². The Hall–Kier alpha value is -2.33. The molecule has 4 heteroatoms. The summed E-state index contributed by atoms with van der Waals surface area (Å²) in [6, 6.07) is 5.51. The van der Waals surface area contributed by atoms with E-state index >= 15 is 0 Å². The first kappa shape index (κ1) is 7.33. The number of furan rings is 1. The van der Waals surface area contributed by atoms with Crippen LogP contribution in [-0.4, -0.2) is 4.98 Å². The second-order valence-corrected chi connectivity index (χ2v) is 2.41. The Morgan fingerprint density at radius 1 is 1.31 bits per heavy atom. The summed E-state index contributed by atoms with van der Waals surface area (Å²) in [7, 11) is 0. The third-order valence-corrected chi connectivity index (χ3v) is 1.72. The highest BCUT2D eigenvalue weighted by atomic mass is 16.3. The molecule has 60 valence electrons. The lowest BCUT2D eigenvalue weighted by Crippen LogP contribution is -1.81. The fourth-order valence-corrected chi connectivity index (χ4v) is 1.13. The lowest BCUT2D eigenvalue weighted by molar-refractivity contribution is 0.612. The quantitative estimate of drug-likeness (QED) is 0.599. The van der Waals surface area contributed by atoms with Gasteiger partial charge in [-0.1, -0.05) is 0 Å². The Labute approximate surface area is 73.6 Å². The van der Waals surface area contributed by atoms with Crippen LogP contribution in [0, 0.1) is 22.7 Å². The fraction of sp³-hybridized carbons (Fsp3) is 0. The summed E-state index contributed by atoms with van der Waals surface area (Å²) in [5.74, 6) is 0. The highest BCUT2D eigenvalue weighted by Gasteiger charge is 2.09. The van der Waals surface area contributed by atoms with Crippen molar-refractivity contribution in [3.8, 4) is 12.1 Å². The van der Waals surface area contributed by atoms with Gasteiger partial charge in [0.1, 0.15) is 18.4 Å². The standard InChI is InChI=1S/C9H3N3O/c10-3-6-5-13-9-7(6)1-2-12-8(9)4-11/h1-2,5H. The van der Waals surface area contributed by atoms with Gasteiger partial charge < -0.3 is 4.42 Å². The number of nitriles is 2. The molecule has 0 aromatic carbocycles. The number of pyridine rings is 1. The Bertz CT molecular complexity index is 542. The van der Waals surface area contributed by atoms with E-state index in [0.29, 0.717) is 16.5 Å². The van der Waals surface area contributed by atoms with Crippen molar-refractivity contribution in [3.63, 3.8) is 0 Å². The van der Waals surface area contributed by atoms with Crippen LogP contribution in [-0.2, 0) is 0 Å². The Morgan fingerprint density at radius 3 is 2.85 bits per heavy atom. The van der Waals surface area contributed by atoms with E-state index in [4.69, 9.17) is 14.9 Å². The lowest BCUT2D eigenvalue weighted by Gasteiger charge is -1.88. The van der Waals surface area contributed by atoms with Crippen molar-refractivity contribution in [2.45, 2.75) is 0 Å². The molecule has 0 aliphatic rings. The molecule has 0 saturated heterocycles. The average molecular weight is 169 g/mol. The first-order valence-corrected chi connectivity index (χ1v) is 3.53. The highest BCUT2D eigenvalue weighted by molar-refractivity contribution is 5.86. The SMILES string of the molecule is N#Cc1coc2c(C#N)nccc12. The van der Waals surface area contributed by atoms with Crippen molar-refractivity contribution < 1.29 is 4.42 Å². The molecule has 0 radical (unpaired) electrons. The number of hydrogen-bond donors (Lipinski definition) is 0. The third kappa shape index (κ3) is 0.935. The molecule has 0 aliphatic heterocycles. The van der Waals surface area contributed by atoms with Gasteiger partial charge in [-0.2, -0.15) is 10.5 Å². The molecule has 2 rings (SSSR count). The smallest absolute Gasteiger partial charge is 0.183 e. The van der Waals surface area contributed by atoms with E-state index in [-0.39, 0.29) is 5.69 Å². The molecule has 4 nitrogen and oxygen atoms in total. The summed E-state index contributed by atoms with van der Waals surface area (Å²) in [5, 5.41) is 18.0. The Kier molecular flexibility index (Phi) is 1.47. The maximum atomic E-state index is 8.67. The van der Waals surface area contributed by atoms with E-state index in [1.165, 1.54) is 12.5 Å². The Morgan fingerprint density at radius 2 is 2.15 bits per heavy atom. The molecule has 0 spiro atoms. The summed E-state index contributed by atoms with van der Waals surface area (Å²) in [4.78, 5) is 3.81. The van der Waals surface area contributed by atoms with E-state index < -0.39 is 0 Å². The maximum Gasteiger partial charge on any atom is 0.183 e. The largest absolute Gasteiger partial charge is 0.460 e. The molecular formula is C9H3N3O. The number of nitrogens with zero attached hydrogens (tertiary/aromatic N) is 3. The van der Waals surface area contributed by atoms with E-state index in [0.717, 1.165) is 0 Å². The summed E-state index contributed by atoms with van der Waals surface area (Å²) in [6.07, 6.45) is 2.81. The molecule has 0 bridgehead atoms. The van der Waals surface area contributed by atoms with Gasteiger partial charge in [0.25, 0.3) is 0 Å². The zero-order valence-corrected chi connectivity index (χ0v) is 6.48. The molecule has 2 aromatic rings. The van der Waals surface area contributed by atoms with Gasteiger partial charge in [0.15, 0.2) is 11.3 Å². The maximum absolute atomic E-state index is 8.67. The normalized spacial score (nSPS) is 9.38. The number of aromatic nitrogens is 1. The first-order valence-electron chi connectivity index (χ1n) is 3.53. The van der Waals surface area contributed by atoms with E-state index in [1.54, 1.807) is 6.07 Å². The predicted molar refractivity (Wildman–Crippen MR) is 43.4 cm³/mol. The van der Waals surface area contributed by atoms with Crippen molar-refractivity contribution in [2.24, 2.45) is 0 Å². The van der Waals surface area contributed by atoms with Crippen LogP contribution in [0.4, 0.5) is 0 Å². The van der Waals surface area contributed by atoms with Gasteiger partial charge in [-0.25, -0.2) is 4.98 Å². The van der Waals surface area contributed by atoms with Crippen LogP contribution in [0.1, 0.15) is 11.3 Å². The minimum Gasteiger partial charge on any atom is -0.460 e. The molecule has 0 fully saturated rings. The summed E-state index contributed by atoms with van der Waals surface area (Å²) in [5.41, 5.74) is 1.01. The van der Waals surface area contributed by atoms with Gasteiger partial charge in [0, 0.05) is 11.6 Å². The summed E-state index contributed by atoms with van der Waals surface area (Å²) in [6.45, 7) is 0. The number of hydrogen-bond acceptors (Lipinski definition) is 4. The molecule has 2 heterocycles. The van der Waals surface area contributed by atoms with Crippen LogP contribution in [0.15, 0.2) is 22.9 Å². The van der Waals surface area contributed by atoms with E-state index in [2.05, 4.69) is 4.98 Å². The average Bonchev–Trinajstić information content (AvgIpc) is 2.60. The highest BCUT2D eigenvalue weighted by Crippen LogP contribution is 2.21. The van der Waals surface area contributed by atoms with Crippen LogP contribution < -0.4 is 0 Å². The summed E-state index contributed by atoms with van der Waals surface area (Å²) >= 11 is 0. The van der Waals surface area contributed by atoms with Crippen LogP contribution >= 0.6 is 0 Å². The van der Waals surface area contributed by atoms with Crippen molar-refractivity contribution in [3.05, 3.63) is 29.8 Å². The van der Waals surface area contributed by atoms with Gasteiger partial charge in [-0.05, 0) is 6.07 Å². The van der Waals surface area contributed by atoms with Crippen molar-refractivity contribution in [1.82, 2.24) is 4.98 Å². The topological polar surface area (TPSA) is 73.6 Å². The molecule has 0 N–H and O–H groups in total. The van der Waals surface area contributed by atoms with E-state index in [9.17, 15) is 0 Å².